The van der Waals surface area contributed by atoms with Gasteiger partial charge >= 0.3 is 0 Å². The number of terminal acetylenes is 1. The van der Waals surface area contributed by atoms with Crippen LogP contribution >= 0.6 is 0 Å². The molecule has 2 aromatic rings. The Bertz CT molecular complexity index is 1250. The monoisotopic (exact) mass is 431 g/mol. The third-order valence-electron chi connectivity index (χ3n) is 8.58. The summed E-state index contributed by atoms with van der Waals surface area (Å²) in [5.74, 6) is 3.56. The van der Waals surface area contributed by atoms with Crippen molar-refractivity contribution in [3.63, 3.8) is 0 Å². The molecule has 6 heteroatoms. The highest BCUT2D eigenvalue weighted by atomic mass is 16.5. The molecule has 1 aromatic heterocycles. The third-order valence-corrected chi connectivity index (χ3v) is 8.58. The van der Waals surface area contributed by atoms with E-state index in [0.29, 0.717) is 18.7 Å². The van der Waals surface area contributed by atoms with Gasteiger partial charge < -0.3 is 19.9 Å². The molecule has 5 heterocycles. The molecule has 7 rings (SSSR count). The summed E-state index contributed by atoms with van der Waals surface area (Å²) in [4.78, 5) is 32.6. The first kappa shape index (κ1) is 19.7. The van der Waals surface area contributed by atoms with Gasteiger partial charge in [0.1, 0.15) is 16.8 Å². The van der Waals surface area contributed by atoms with Gasteiger partial charge in [-0.05, 0) is 50.8 Å². The molecule has 6 nitrogen and oxygen atoms in total. The number of carbonyl (C=O) groups is 2. The van der Waals surface area contributed by atoms with Crippen LogP contribution in [0.4, 0.5) is 0 Å². The van der Waals surface area contributed by atoms with E-state index in [0.717, 1.165) is 41.4 Å². The predicted octanol–water partition coefficient (Wildman–Crippen LogP) is 3.04. The summed E-state index contributed by atoms with van der Waals surface area (Å²) in [7, 11) is 0. The largest absolute Gasteiger partial charge is 0.475 e. The number of amides is 2. The van der Waals surface area contributed by atoms with Gasteiger partial charge in [-0.15, -0.1) is 6.42 Å². The lowest BCUT2D eigenvalue weighted by Gasteiger charge is -2.64. The van der Waals surface area contributed by atoms with Crippen LogP contribution in [0.1, 0.15) is 58.2 Å². The molecule has 2 bridgehead atoms. The topological polar surface area (TPSA) is 74.4 Å². The molecule has 32 heavy (non-hydrogen) atoms. The van der Waals surface area contributed by atoms with Crippen molar-refractivity contribution >= 4 is 22.7 Å². The van der Waals surface area contributed by atoms with Crippen molar-refractivity contribution in [3.05, 3.63) is 29.5 Å². The number of piperazine rings is 1. The Balaban J connectivity index is 1.50. The van der Waals surface area contributed by atoms with Crippen molar-refractivity contribution in [2.75, 3.05) is 6.54 Å². The van der Waals surface area contributed by atoms with Crippen molar-refractivity contribution in [2.24, 2.45) is 5.92 Å². The second-order valence-electron chi connectivity index (χ2n) is 11.1. The van der Waals surface area contributed by atoms with Gasteiger partial charge in [-0.2, -0.15) is 0 Å². The lowest BCUT2D eigenvalue weighted by atomic mass is 9.51. The number of hydrogen-bond acceptors (Lipinski definition) is 3. The highest BCUT2D eigenvalue weighted by Gasteiger charge is 2.72. The zero-order chi connectivity index (χ0) is 22.7. The number of fused-ring (bicyclic) bond motifs is 4. The van der Waals surface area contributed by atoms with Crippen molar-refractivity contribution in [1.82, 2.24) is 15.2 Å². The number of nitrogens with zero attached hydrogens (tertiary/aromatic N) is 1. The predicted molar refractivity (Wildman–Crippen MR) is 121 cm³/mol. The van der Waals surface area contributed by atoms with Crippen LogP contribution in [0, 0.1) is 18.3 Å². The number of benzene rings is 1. The number of carbonyl (C=O) groups excluding carboxylic acids is 2. The molecule has 2 unspecified atom stereocenters. The van der Waals surface area contributed by atoms with Crippen molar-refractivity contribution < 1.29 is 14.3 Å². The van der Waals surface area contributed by atoms with Crippen LogP contribution in [-0.2, 0) is 21.4 Å². The fourth-order valence-electron chi connectivity index (χ4n) is 7.00. The van der Waals surface area contributed by atoms with Crippen molar-refractivity contribution in [3.8, 4) is 18.1 Å². The fourth-order valence-corrected chi connectivity index (χ4v) is 7.00. The standard InChI is InChI=1S/C26H29N3O3/c1-6-23(2,3)32-15-8-9-16-17-13-26-19(24(4,5)20(17)27-18(16)12-15)14-25(21(30)28-26)10-7-11-29(25)22(26)31/h1,8-9,12,19,27H,7,10-11,13-14H2,2-5H3,(H,28,30)/t19?,25?,26-/m0/s1. The summed E-state index contributed by atoms with van der Waals surface area (Å²) in [6, 6.07) is 5.95. The lowest BCUT2D eigenvalue weighted by molar-refractivity contribution is -0.179. The molecular formula is C26H29N3O3. The smallest absolute Gasteiger partial charge is 0.249 e. The second kappa shape index (κ2) is 5.70. The molecule has 2 N–H and O–H groups in total. The summed E-state index contributed by atoms with van der Waals surface area (Å²) in [5.41, 5.74) is 0.723. The first-order valence-corrected chi connectivity index (χ1v) is 11.5. The van der Waals surface area contributed by atoms with E-state index in [1.54, 1.807) is 0 Å². The van der Waals surface area contributed by atoms with E-state index in [-0.39, 0.29) is 23.1 Å². The Morgan fingerprint density at radius 1 is 1.28 bits per heavy atom. The molecule has 2 spiro atoms. The quantitative estimate of drug-likeness (QED) is 0.718. The number of aromatic amines is 1. The number of ether oxygens (including phenoxy) is 1. The maximum absolute atomic E-state index is 13.8. The second-order valence-corrected chi connectivity index (χ2v) is 11.1. The third kappa shape index (κ3) is 2.17. The summed E-state index contributed by atoms with van der Waals surface area (Å²) < 4.78 is 5.99. The highest BCUT2D eigenvalue weighted by Crippen LogP contribution is 2.59. The minimum absolute atomic E-state index is 0.0390. The van der Waals surface area contributed by atoms with Gasteiger partial charge in [0.15, 0.2) is 5.60 Å². The number of aromatic nitrogens is 1. The van der Waals surface area contributed by atoms with Crippen molar-refractivity contribution in [2.45, 2.75) is 75.5 Å². The zero-order valence-corrected chi connectivity index (χ0v) is 19.1. The van der Waals surface area contributed by atoms with E-state index in [1.807, 2.05) is 36.9 Å². The molecule has 1 aliphatic carbocycles. The van der Waals surface area contributed by atoms with Gasteiger partial charge in [0.2, 0.25) is 11.8 Å². The van der Waals surface area contributed by atoms with Gasteiger partial charge in [-0.25, -0.2) is 0 Å². The maximum Gasteiger partial charge on any atom is 0.249 e. The molecule has 0 saturated carbocycles. The highest BCUT2D eigenvalue weighted by molar-refractivity contribution is 6.06. The van der Waals surface area contributed by atoms with E-state index < -0.39 is 16.7 Å². The Morgan fingerprint density at radius 2 is 2.06 bits per heavy atom. The first-order valence-electron chi connectivity index (χ1n) is 11.5. The van der Waals surface area contributed by atoms with Gasteiger partial charge in [-0.3, -0.25) is 9.59 Å². The number of piperidine rings is 2. The van der Waals surface area contributed by atoms with E-state index in [2.05, 4.69) is 30.1 Å². The zero-order valence-electron chi connectivity index (χ0n) is 19.1. The molecular weight excluding hydrogens is 402 g/mol. The molecule has 4 fully saturated rings. The molecule has 3 atom stereocenters. The molecule has 0 radical (unpaired) electrons. The number of nitrogens with one attached hydrogen (secondary N) is 2. The molecule has 5 aliphatic rings. The van der Waals surface area contributed by atoms with Crippen LogP contribution < -0.4 is 10.1 Å². The van der Waals surface area contributed by atoms with Crippen LogP contribution in [0.5, 0.6) is 5.75 Å². The van der Waals surface area contributed by atoms with Gasteiger partial charge in [0.05, 0.1) is 0 Å². The Labute approximate surface area is 188 Å². The number of hydrogen-bond donors (Lipinski definition) is 2. The SMILES string of the molecule is C#CC(C)(C)Oc1ccc2c3c([nH]c2c1)C(C)(C)C1CC24CCCN2C(=O)[C@@]1(C3)NC4=O. The lowest BCUT2D eigenvalue weighted by Crippen LogP contribution is -2.84. The van der Waals surface area contributed by atoms with E-state index >= 15 is 0 Å². The molecule has 166 valence electrons. The van der Waals surface area contributed by atoms with Crippen molar-refractivity contribution in [1.29, 1.82) is 0 Å². The summed E-state index contributed by atoms with van der Waals surface area (Å²) >= 11 is 0. The molecule has 4 aliphatic heterocycles. The average Bonchev–Trinajstić information content (AvgIpc) is 3.32. The Kier molecular flexibility index (Phi) is 3.51. The van der Waals surface area contributed by atoms with Gasteiger partial charge in [-0.1, -0.05) is 19.8 Å². The molecule has 1 aromatic carbocycles. The number of rotatable bonds is 2. The normalized spacial score (nSPS) is 32.2. The summed E-state index contributed by atoms with van der Waals surface area (Å²) in [6.45, 7) is 8.83. The minimum atomic E-state index is -0.866. The van der Waals surface area contributed by atoms with Crippen LogP contribution in [0.3, 0.4) is 0 Å². The maximum atomic E-state index is 13.8. The van der Waals surface area contributed by atoms with Gasteiger partial charge in [0.25, 0.3) is 0 Å². The summed E-state index contributed by atoms with van der Waals surface area (Å²) in [6.07, 6.45) is 8.50. The van der Waals surface area contributed by atoms with Crippen LogP contribution in [0.25, 0.3) is 10.9 Å². The van der Waals surface area contributed by atoms with Crippen LogP contribution in [-0.4, -0.2) is 44.9 Å². The minimum Gasteiger partial charge on any atom is -0.475 e. The van der Waals surface area contributed by atoms with Gasteiger partial charge in [0, 0.05) is 47.0 Å². The van der Waals surface area contributed by atoms with E-state index in [4.69, 9.17) is 11.2 Å². The fraction of sp³-hybridized carbons (Fsp3) is 0.538. The number of H-pyrrole nitrogens is 1. The summed E-state index contributed by atoms with van der Waals surface area (Å²) in [5, 5.41) is 4.32. The Hall–Kier alpha value is -2.94. The first-order chi connectivity index (χ1) is 15.0. The van der Waals surface area contributed by atoms with Crippen LogP contribution in [0.15, 0.2) is 18.2 Å². The van der Waals surface area contributed by atoms with E-state index in [1.165, 1.54) is 0 Å². The molecule has 2 amide bonds. The molecule has 4 saturated heterocycles. The average molecular weight is 432 g/mol. The Morgan fingerprint density at radius 3 is 2.81 bits per heavy atom. The van der Waals surface area contributed by atoms with E-state index in [9.17, 15) is 9.59 Å². The van der Waals surface area contributed by atoms with Crippen LogP contribution in [0.2, 0.25) is 0 Å².